The SMILES string of the molecule is Cc1c(-c2ccc(NC(C)C)nc2)nn2c1OCC1(CC1)C2. The quantitative estimate of drug-likeness (QED) is 0.945. The second kappa shape index (κ2) is 4.73. The van der Waals surface area contributed by atoms with Gasteiger partial charge in [0.1, 0.15) is 11.5 Å². The standard InChI is InChI=1S/C17H22N4O/c1-11(2)19-14-5-4-13(8-18-14)15-12(3)16-21(20-15)9-17(6-7-17)10-22-16/h4-5,8,11H,6-7,9-10H2,1-3H3,(H,18,19). The van der Waals surface area contributed by atoms with Crippen LogP contribution in [-0.2, 0) is 6.54 Å². The number of nitrogens with zero attached hydrogens (tertiary/aromatic N) is 3. The minimum Gasteiger partial charge on any atom is -0.477 e. The Bertz CT molecular complexity index is 698. The molecular formula is C17H22N4O. The Kier molecular flexibility index (Phi) is 2.93. The maximum atomic E-state index is 5.98. The number of anilines is 1. The second-order valence-electron chi connectivity index (χ2n) is 6.96. The lowest BCUT2D eigenvalue weighted by Crippen LogP contribution is -2.27. The summed E-state index contributed by atoms with van der Waals surface area (Å²) >= 11 is 0. The Balaban J connectivity index is 1.64. The number of rotatable bonds is 3. The predicted octanol–water partition coefficient (Wildman–Crippen LogP) is 3.25. The van der Waals surface area contributed by atoms with E-state index in [0.29, 0.717) is 11.5 Å². The topological polar surface area (TPSA) is 52.0 Å². The van der Waals surface area contributed by atoms with Gasteiger partial charge in [0.05, 0.1) is 13.2 Å². The van der Waals surface area contributed by atoms with Gasteiger partial charge < -0.3 is 10.1 Å². The van der Waals surface area contributed by atoms with E-state index in [1.54, 1.807) is 0 Å². The van der Waals surface area contributed by atoms with Crippen molar-refractivity contribution in [1.82, 2.24) is 14.8 Å². The van der Waals surface area contributed by atoms with Crippen LogP contribution in [0.1, 0.15) is 32.3 Å². The molecule has 0 unspecified atom stereocenters. The zero-order valence-electron chi connectivity index (χ0n) is 13.4. The number of fused-ring (bicyclic) bond motifs is 1. The van der Waals surface area contributed by atoms with Crippen LogP contribution in [0.3, 0.4) is 0 Å². The highest BCUT2D eigenvalue weighted by Gasteiger charge is 2.47. The van der Waals surface area contributed by atoms with Gasteiger partial charge in [-0.15, -0.1) is 0 Å². The summed E-state index contributed by atoms with van der Waals surface area (Å²) in [6, 6.07) is 4.46. The molecule has 1 aliphatic heterocycles. The minimum atomic E-state index is 0.367. The van der Waals surface area contributed by atoms with Gasteiger partial charge in [0.2, 0.25) is 5.88 Å². The van der Waals surface area contributed by atoms with Crippen LogP contribution in [0, 0.1) is 12.3 Å². The molecule has 5 heteroatoms. The molecule has 1 saturated carbocycles. The fraction of sp³-hybridized carbons (Fsp3) is 0.529. The number of pyridine rings is 1. The fourth-order valence-corrected chi connectivity index (χ4v) is 3.08. The summed E-state index contributed by atoms with van der Waals surface area (Å²) in [5.74, 6) is 1.82. The van der Waals surface area contributed by atoms with Crippen LogP contribution in [0.4, 0.5) is 5.82 Å². The first kappa shape index (κ1) is 13.6. The maximum Gasteiger partial charge on any atom is 0.215 e. The van der Waals surface area contributed by atoms with Crippen molar-refractivity contribution >= 4 is 5.82 Å². The largest absolute Gasteiger partial charge is 0.477 e. The Hall–Kier alpha value is -2.04. The van der Waals surface area contributed by atoms with Crippen molar-refractivity contribution in [2.75, 3.05) is 11.9 Å². The summed E-state index contributed by atoms with van der Waals surface area (Å²) in [6.45, 7) is 8.12. The number of nitrogens with one attached hydrogen (secondary N) is 1. The molecule has 4 rings (SSSR count). The van der Waals surface area contributed by atoms with Crippen LogP contribution in [0.15, 0.2) is 18.3 Å². The first-order valence-corrected chi connectivity index (χ1v) is 7.99. The molecule has 0 atom stereocenters. The van der Waals surface area contributed by atoms with Crippen molar-refractivity contribution < 1.29 is 4.74 Å². The van der Waals surface area contributed by atoms with E-state index in [-0.39, 0.29) is 0 Å². The molecule has 116 valence electrons. The molecule has 0 amide bonds. The fourth-order valence-electron chi connectivity index (χ4n) is 3.08. The molecule has 0 radical (unpaired) electrons. The highest BCUT2D eigenvalue weighted by Crippen LogP contribution is 2.51. The lowest BCUT2D eigenvalue weighted by molar-refractivity contribution is 0.148. The third-order valence-electron chi connectivity index (χ3n) is 4.56. The molecule has 3 heterocycles. The summed E-state index contributed by atoms with van der Waals surface area (Å²) in [6.07, 6.45) is 4.41. The van der Waals surface area contributed by atoms with Crippen LogP contribution in [0.25, 0.3) is 11.3 Å². The Morgan fingerprint density at radius 3 is 2.77 bits per heavy atom. The first-order chi connectivity index (χ1) is 10.6. The van der Waals surface area contributed by atoms with Crippen molar-refractivity contribution in [3.63, 3.8) is 0 Å². The zero-order valence-corrected chi connectivity index (χ0v) is 13.4. The molecule has 1 spiro atoms. The zero-order chi connectivity index (χ0) is 15.3. The smallest absolute Gasteiger partial charge is 0.215 e. The van der Waals surface area contributed by atoms with E-state index in [2.05, 4.69) is 37.1 Å². The molecular weight excluding hydrogens is 276 g/mol. The van der Waals surface area contributed by atoms with Gasteiger partial charge in [0.15, 0.2) is 0 Å². The van der Waals surface area contributed by atoms with Crippen molar-refractivity contribution in [3.05, 3.63) is 23.9 Å². The van der Waals surface area contributed by atoms with Gasteiger partial charge in [0, 0.05) is 28.8 Å². The number of ether oxygens (including phenoxy) is 1. The van der Waals surface area contributed by atoms with E-state index in [0.717, 1.165) is 41.7 Å². The molecule has 2 aromatic rings. The van der Waals surface area contributed by atoms with Gasteiger partial charge in [-0.25, -0.2) is 9.67 Å². The third-order valence-corrected chi connectivity index (χ3v) is 4.56. The predicted molar refractivity (Wildman–Crippen MR) is 86.1 cm³/mol. The monoisotopic (exact) mass is 298 g/mol. The van der Waals surface area contributed by atoms with Crippen molar-refractivity contribution in [1.29, 1.82) is 0 Å². The van der Waals surface area contributed by atoms with Gasteiger partial charge in [-0.3, -0.25) is 0 Å². The first-order valence-electron chi connectivity index (χ1n) is 7.99. The summed E-state index contributed by atoms with van der Waals surface area (Å²) in [7, 11) is 0. The molecule has 1 fully saturated rings. The van der Waals surface area contributed by atoms with Crippen molar-refractivity contribution in [3.8, 4) is 17.1 Å². The molecule has 2 aromatic heterocycles. The molecule has 1 aliphatic carbocycles. The lowest BCUT2D eigenvalue weighted by atomic mass is 10.1. The van der Waals surface area contributed by atoms with Crippen LogP contribution >= 0.6 is 0 Å². The maximum absolute atomic E-state index is 5.98. The third kappa shape index (κ3) is 2.25. The molecule has 22 heavy (non-hydrogen) atoms. The van der Waals surface area contributed by atoms with Crippen LogP contribution < -0.4 is 10.1 Å². The lowest BCUT2D eigenvalue weighted by Gasteiger charge is -2.23. The van der Waals surface area contributed by atoms with Crippen LogP contribution in [-0.4, -0.2) is 27.4 Å². The van der Waals surface area contributed by atoms with Crippen molar-refractivity contribution in [2.24, 2.45) is 5.41 Å². The van der Waals surface area contributed by atoms with Crippen LogP contribution in [0.5, 0.6) is 5.88 Å². The van der Waals surface area contributed by atoms with E-state index in [1.165, 1.54) is 12.8 Å². The Labute approximate surface area is 130 Å². The normalized spacial score (nSPS) is 18.2. The number of hydrogen-bond acceptors (Lipinski definition) is 4. The van der Waals surface area contributed by atoms with Gasteiger partial charge in [-0.05, 0) is 45.7 Å². The van der Waals surface area contributed by atoms with Gasteiger partial charge >= 0.3 is 0 Å². The summed E-state index contributed by atoms with van der Waals surface area (Å²) in [5, 5.41) is 8.08. The van der Waals surface area contributed by atoms with Gasteiger partial charge in [-0.1, -0.05) is 0 Å². The van der Waals surface area contributed by atoms with E-state index in [4.69, 9.17) is 9.84 Å². The molecule has 5 nitrogen and oxygen atoms in total. The average molecular weight is 298 g/mol. The van der Waals surface area contributed by atoms with E-state index < -0.39 is 0 Å². The van der Waals surface area contributed by atoms with Crippen molar-refractivity contribution in [2.45, 2.75) is 46.2 Å². The highest BCUT2D eigenvalue weighted by atomic mass is 16.5. The summed E-state index contributed by atoms with van der Waals surface area (Å²) in [5.41, 5.74) is 3.51. The van der Waals surface area contributed by atoms with E-state index >= 15 is 0 Å². The number of hydrogen-bond donors (Lipinski definition) is 1. The molecule has 0 saturated heterocycles. The Morgan fingerprint density at radius 1 is 1.32 bits per heavy atom. The van der Waals surface area contributed by atoms with Crippen LogP contribution in [0.2, 0.25) is 0 Å². The van der Waals surface area contributed by atoms with E-state index in [9.17, 15) is 0 Å². The van der Waals surface area contributed by atoms with E-state index in [1.807, 2.05) is 16.9 Å². The molecule has 0 bridgehead atoms. The van der Waals surface area contributed by atoms with Gasteiger partial charge in [-0.2, -0.15) is 5.10 Å². The molecule has 0 aromatic carbocycles. The van der Waals surface area contributed by atoms with Gasteiger partial charge in [0.25, 0.3) is 0 Å². The number of aromatic nitrogens is 3. The summed E-state index contributed by atoms with van der Waals surface area (Å²) in [4.78, 5) is 4.48. The minimum absolute atomic E-state index is 0.367. The average Bonchev–Trinajstić information content (AvgIpc) is 3.15. The second-order valence-corrected chi connectivity index (χ2v) is 6.96. The Morgan fingerprint density at radius 2 is 2.14 bits per heavy atom. The molecule has 1 N–H and O–H groups in total. The highest BCUT2D eigenvalue weighted by molar-refractivity contribution is 5.65. The summed E-state index contributed by atoms with van der Waals surface area (Å²) < 4.78 is 8.02. The molecule has 2 aliphatic rings.